The Bertz CT molecular complexity index is 1450. The van der Waals surface area contributed by atoms with Crippen LogP contribution in [-0.2, 0) is 16.9 Å². The molecule has 2 aromatic heterocycles. The Kier molecular flexibility index (Phi) is 8.32. The molecule has 0 aliphatic carbocycles. The quantitative estimate of drug-likeness (QED) is 0.418. The van der Waals surface area contributed by atoms with Crippen molar-refractivity contribution in [3.05, 3.63) is 61.1 Å². The van der Waals surface area contributed by atoms with Gasteiger partial charge in [-0.1, -0.05) is 32.0 Å². The lowest BCUT2D eigenvalue weighted by atomic mass is 9.89. The Hall–Kier alpha value is -3.40. The summed E-state index contributed by atoms with van der Waals surface area (Å²) in [4.78, 5) is 53.6. The molecule has 0 spiro atoms. The molecule has 37 heavy (non-hydrogen) atoms. The number of methoxy groups -OCH3 is 1. The van der Waals surface area contributed by atoms with Crippen LogP contribution in [0.25, 0.3) is 10.2 Å². The van der Waals surface area contributed by atoms with Gasteiger partial charge in [0.25, 0.3) is 11.5 Å². The highest BCUT2D eigenvalue weighted by Gasteiger charge is 2.34. The average molecular weight is 529 g/mol. The second-order valence-corrected chi connectivity index (χ2v) is 11.1. The van der Waals surface area contributed by atoms with E-state index in [0.717, 1.165) is 27.9 Å². The number of nitrogens with one attached hydrogen (secondary N) is 1. The van der Waals surface area contributed by atoms with Crippen LogP contribution in [0, 0.1) is 12.8 Å². The van der Waals surface area contributed by atoms with E-state index in [1.807, 2.05) is 31.2 Å². The maximum absolute atomic E-state index is 14.0. The number of ether oxygens (including phenoxy) is 1. The molecule has 200 valence electrons. The predicted molar refractivity (Wildman–Crippen MR) is 147 cm³/mol. The van der Waals surface area contributed by atoms with Gasteiger partial charge in [0.1, 0.15) is 16.1 Å². The van der Waals surface area contributed by atoms with Gasteiger partial charge in [0, 0.05) is 19.0 Å². The summed E-state index contributed by atoms with van der Waals surface area (Å²) in [6, 6.07) is 7.65. The summed E-state index contributed by atoms with van der Waals surface area (Å²) < 4.78 is 8.06. The van der Waals surface area contributed by atoms with Crippen LogP contribution in [-0.4, -0.2) is 34.6 Å². The van der Waals surface area contributed by atoms with Crippen LogP contribution in [0.1, 0.15) is 67.8 Å². The van der Waals surface area contributed by atoms with Gasteiger partial charge in [-0.25, -0.2) is 9.36 Å². The van der Waals surface area contributed by atoms with Crippen molar-refractivity contribution in [2.24, 2.45) is 11.7 Å². The molecule has 2 heterocycles. The lowest BCUT2D eigenvalue weighted by Gasteiger charge is -2.27. The van der Waals surface area contributed by atoms with E-state index in [2.05, 4.69) is 19.2 Å². The summed E-state index contributed by atoms with van der Waals surface area (Å²) in [6.45, 7) is 11.2. The van der Waals surface area contributed by atoms with Crippen molar-refractivity contribution >= 4 is 33.4 Å². The fourth-order valence-corrected chi connectivity index (χ4v) is 5.88. The SMILES string of the molecule is CCNC(=O)c1sc2c(c1C)c(=O)n(C(C)(C)C(N)=O)c(=O)n2C[C@H](CC(C)C)c1ccccc1OC. The number of rotatable bonds is 10. The van der Waals surface area contributed by atoms with E-state index < -0.39 is 22.7 Å². The van der Waals surface area contributed by atoms with Crippen LogP contribution in [0.15, 0.2) is 33.9 Å². The standard InChI is InChI=1S/C27H36N4O5S/c1-8-29-22(32)21-16(4)20-23(33)31(27(5,6)25(28)34)26(35)30(24(20)37-21)14-17(13-15(2)3)18-11-9-10-12-19(18)36-7/h9-12,15,17H,8,13-14H2,1-7H3,(H2,28,34)(H,29,32)/t17-/m0/s1. The molecule has 0 saturated heterocycles. The number of para-hydroxylation sites is 1. The number of amides is 2. The normalized spacial score (nSPS) is 12.6. The summed E-state index contributed by atoms with van der Waals surface area (Å²) in [5.41, 5.74) is 4.18. The van der Waals surface area contributed by atoms with Gasteiger partial charge in [0.15, 0.2) is 0 Å². The minimum atomic E-state index is -1.58. The maximum Gasteiger partial charge on any atom is 0.333 e. The largest absolute Gasteiger partial charge is 0.496 e. The smallest absolute Gasteiger partial charge is 0.333 e. The van der Waals surface area contributed by atoms with Crippen LogP contribution in [0.4, 0.5) is 0 Å². The van der Waals surface area contributed by atoms with E-state index in [0.29, 0.717) is 33.5 Å². The number of aryl methyl sites for hydroxylation is 1. The van der Waals surface area contributed by atoms with Gasteiger partial charge in [0.2, 0.25) is 5.91 Å². The zero-order valence-electron chi connectivity index (χ0n) is 22.5. The summed E-state index contributed by atoms with van der Waals surface area (Å²) in [7, 11) is 1.60. The topological polar surface area (TPSA) is 125 Å². The number of benzene rings is 1. The molecular formula is C27H36N4O5S. The Morgan fingerprint density at radius 3 is 2.41 bits per heavy atom. The molecule has 0 fully saturated rings. The summed E-state index contributed by atoms with van der Waals surface area (Å²) in [5.74, 6) is -0.268. The molecule has 1 aromatic carbocycles. The number of thiophene rings is 1. The van der Waals surface area contributed by atoms with E-state index >= 15 is 0 Å². The van der Waals surface area contributed by atoms with Gasteiger partial charge in [-0.2, -0.15) is 0 Å². The fraction of sp³-hybridized carbons (Fsp3) is 0.481. The molecule has 3 aromatic rings. The first-order valence-electron chi connectivity index (χ1n) is 12.4. The molecule has 2 amide bonds. The number of nitrogens with zero attached hydrogens (tertiary/aromatic N) is 2. The van der Waals surface area contributed by atoms with Crippen molar-refractivity contribution in [3.63, 3.8) is 0 Å². The summed E-state index contributed by atoms with van der Waals surface area (Å²) in [6.07, 6.45) is 0.736. The molecular weight excluding hydrogens is 492 g/mol. The number of fused-ring (bicyclic) bond motifs is 1. The monoisotopic (exact) mass is 528 g/mol. The van der Waals surface area contributed by atoms with Gasteiger partial charge in [-0.15, -0.1) is 11.3 Å². The molecule has 3 N–H and O–H groups in total. The molecule has 3 rings (SSSR count). The number of primary amides is 1. The molecule has 10 heteroatoms. The van der Waals surface area contributed by atoms with Crippen LogP contribution in [0.2, 0.25) is 0 Å². The second kappa shape index (κ2) is 10.9. The Morgan fingerprint density at radius 2 is 1.84 bits per heavy atom. The molecule has 0 bridgehead atoms. The number of aromatic nitrogens is 2. The number of hydrogen-bond acceptors (Lipinski definition) is 6. The third-order valence-electron chi connectivity index (χ3n) is 6.66. The first kappa shape index (κ1) is 28.2. The Morgan fingerprint density at radius 1 is 1.19 bits per heavy atom. The highest BCUT2D eigenvalue weighted by molar-refractivity contribution is 7.20. The molecule has 9 nitrogen and oxygen atoms in total. The van der Waals surface area contributed by atoms with Crippen LogP contribution in [0.3, 0.4) is 0 Å². The number of carbonyl (C=O) groups excluding carboxylic acids is 2. The van der Waals surface area contributed by atoms with E-state index in [1.54, 1.807) is 14.0 Å². The van der Waals surface area contributed by atoms with Gasteiger partial charge < -0.3 is 15.8 Å². The van der Waals surface area contributed by atoms with E-state index in [9.17, 15) is 19.2 Å². The molecule has 0 radical (unpaired) electrons. The van der Waals surface area contributed by atoms with Crippen molar-refractivity contribution in [1.82, 2.24) is 14.5 Å². The molecule has 0 saturated carbocycles. The molecule has 0 aliphatic rings. The zero-order chi connectivity index (χ0) is 27.7. The van der Waals surface area contributed by atoms with E-state index in [-0.39, 0.29) is 23.8 Å². The van der Waals surface area contributed by atoms with Gasteiger partial charge in [-0.05, 0) is 57.2 Å². The van der Waals surface area contributed by atoms with Gasteiger partial charge >= 0.3 is 5.69 Å². The average Bonchev–Trinajstić information content (AvgIpc) is 3.18. The Balaban J connectivity index is 2.41. The third-order valence-corrected chi connectivity index (χ3v) is 7.97. The van der Waals surface area contributed by atoms with Gasteiger partial charge in [-0.3, -0.25) is 19.0 Å². The molecule has 0 aliphatic heterocycles. The maximum atomic E-state index is 14.0. The van der Waals surface area contributed by atoms with Gasteiger partial charge in [0.05, 0.1) is 17.4 Å². The summed E-state index contributed by atoms with van der Waals surface area (Å²) in [5, 5.41) is 3.01. The Labute approximate surface area is 220 Å². The van der Waals surface area contributed by atoms with E-state index in [4.69, 9.17) is 10.5 Å². The molecule has 0 unspecified atom stereocenters. The van der Waals surface area contributed by atoms with Crippen LogP contribution in [0.5, 0.6) is 5.75 Å². The fourth-order valence-electron chi connectivity index (χ4n) is 4.66. The van der Waals surface area contributed by atoms with Crippen molar-refractivity contribution in [1.29, 1.82) is 0 Å². The van der Waals surface area contributed by atoms with Crippen molar-refractivity contribution in [3.8, 4) is 5.75 Å². The minimum absolute atomic E-state index is 0.144. The minimum Gasteiger partial charge on any atom is -0.496 e. The second-order valence-electron chi connectivity index (χ2n) is 10.1. The highest BCUT2D eigenvalue weighted by Crippen LogP contribution is 2.35. The van der Waals surface area contributed by atoms with Crippen LogP contribution < -0.4 is 27.0 Å². The summed E-state index contributed by atoms with van der Waals surface area (Å²) >= 11 is 1.11. The lowest BCUT2D eigenvalue weighted by molar-refractivity contribution is -0.125. The highest BCUT2D eigenvalue weighted by atomic mass is 32.1. The number of carbonyl (C=O) groups is 2. The number of hydrogen-bond donors (Lipinski definition) is 2. The van der Waals surface area contributed by atoms with Crippen molar-refractivity contribution in [2.75, 3.05) is 13.7 Å². The van der Waals surface area contributed by atoms with Crippen molar-refractivity contribution < 1.29 is 14.3 Å². The van der Waals surface area contributed by atoms with E-state index in [1.165, 1.54) is 18.4 Å². The van der Waals surface area contributed by atoms with Crippen LogP contribution >= 0.6 is 11.3 Å². The first-order chi connectivity index (χ1) is 17.4. The van der Waals surface area contributed by atoms with Crippen molar-refractivity contribution in [2.45, 2.75) is 66.0 Å². The zero-order valence-corrected chi connectivity index (χ0v) is 23.3. The lowest BCUT2D eigenvalue weighted by Crippen LogP contribution is -2.54. The number of nitrogens with two attached hydrogens (primary N) is 1. The third kappa shape index (κ3) is 5.20. The predicted octanol–water partition coefficient (Wildman–Crippen LogP) is 3.34. The first-order valence-corrected chi connectivity index (χ1v) is 13.2. The molecule has 1 atom stereocenters.